The highest BCUT2D eigenvalue weighted by Gasteiger charge is 2.28. The van der Waals surface area contributed by atoms with E-state index >= 15 is 0 Å². The highest BCUT2D eigenvalue weighted by atomic mass is 32.2. The Morgan fingerprint density at radius 2 is 1.86 bits per heavy atom. The first-order chi connectivity index (χ1) is 10.1. The van der Waals surface area contributed by atoms with E-state index in [4.69, 9.17) is 0 Å². The molecular weight excluding hydrogens is 291 g/mol. The maximum atomic E-state index is 14.0. The van der Waals surface area contributed by atoms with E-state index in [2.05, 4.69) is 5.32 Å². The second kappa shape index (κ2) is 7.33. The molecule has 6 heteroatoms. The van der Waals surface area contributed by atoms with Gasteiger partial charge < -0.3 is 5.32 Å². The van der Waals surface area contributed by atoms with Crippen LogP contribution in [0.3, 0.4) is 0 Å². The van der Waals surface area contributed by atoms with Gasteiger partial charge in [-0.2, -0.15) is 4.31 Å². The molecule has 4 nitrogen and oxygen atoms in total. The van der Waals surface area contributed by atoms with Gasteiger partial charge in [0.25, 0.3) is 0 Å². The minimum Gasteiger partial charge on any atom is -0.313 e. The van der Waals surface area contributed by atoms with Gasteiger partial charge >= 0.3 is 0 Å². The molecule has 2 rings (SSSR count). The van der Waals surface area contributed by atoms with Gasteiger partial charge in [0.05, 0.1) is 0 Å². The van der Waals surface area contributed by atoms with Gasteiger partial charge in [0, 0.05) is 19.6 Å². The minimum atomic E-state index is -3.73. The number of nitrogens with zero attached hydrogens (tertiary/aromatic N) is 1. The van der Waals surface area contributed by atoms with Crippen LogP contribution in [0.15, 0.2) is 23.1 Å². The zero-order valence-electron chi connectivity index (χ0n) is 12.4. The van der Waals surface area contributed by atoms with Gasteiger partial charge in [-0.25, -0.2) is 12.8 Å². The van der Waals surface area contributed by atoms with Crippen LogP contribution >= 0.6 is 0 Å². The Bertz CT molecular complexity index is 567. The highest BCUT2D eigenvalue weighted by molar-refractivity contribution is 7.89. The molecule has 118 valence electrons. The van der Waals surface area contributed by atoms with Crippen LogP contribution < -0.4 is 5.32 Å². The van der Waals surface area contributed by atoms with E-state index < -0.39 is 15.8 Å². The van der Waals surface area contributed by atoms with Crippen molar-refractivity contribution in [3.63, 3.8) is 0 Å². The van der Waals surface area contributed by atoms with E-state index in [9.17, 15) is 12.8 Å². The van der Waals surface area contributed by atoms with Crippen molar-refractivity contribution >= 4 is 10.0 Å². The lowest BCUT2D eigenvalue weighted by Gasteiger charge is -2.20. The molecule has 0 spiro atoms. The molecule has 21 heavy (non-hydrogen) atoms. The van der Waals surface area contributed by atoms with Crippen molar-refractivity contribution in [1.29, 1.82) is 0 Å². The molecule has 1 aliphatic heterocycles. The number of nitrogens with one attached hydrogen (secondary N) is 1. The maximum Gasteiger partial charge on any atom is 0.245 e. The molecule has 1 saturated heterocycles. The average molecular weight is 314 g/mol. The van der Waals surface area contributed by atoms with Crippen molar-refractivity contribution in [2.75, 3.05) is 19.6 Å². The molecule has 1 aromatic carbocycles. The number of halogens is 1. The summed E-state index contributed by atoms with van der Waals surface area (Å²) in [7, 11) is -3.73. The number of rotatable bonds is 5. The monoisotopic (exact) mass is 314 g/mol. The third kappa shape index (κ3) is 4.02. The zero-order chi connectivity index (χ0) is 15.3. The summed E-state index contributed by atoms with van der Waals surface area (Å²) in [6, 6.07) is 4.33. The summed E-state index contributed by atoms with van der Waals surface area (Å²) < 4.78 is 40.7. The van der Waals surface area contributed by atoms with E-state index in [1.54, 1.807) is 6.07 Å². The fraction of sp³-hybridized carbons (Fsp3) is 0.600. The van der Waals surface area contributed by atoms with Crippen LogP contribution in [0.5, 0.6) is 0 Å². The molecule has 0 saturated carbocycles. The van der Waals surface area contributed by atoms with Crippen LogP contribution in [0.2, 0.25) is 0 Å². The third-order valence-electron chi connectivity index (χ3n) is 3.76. The van der Waals surface area contributed by atoms with Crippen LogP contribution in [0, 0.1) is 5.82 Å². The summed E-state index contributed by atoms with van der Waals surface area (Å²) in [5.41, 5.74) is 0.784. The molecule has 0 bridgehead atoms. The number of hydrogen-bond acceptors (Lipinski definition) is 3. The normalized spacial score (nSPS) is 17.6. The number of benzene rings is 1. The summed E-state index contributed by atoms with van der Waals surface area (Å²) in [6.45, 7) is 4.27. The van der Waals surface area contributed by atoms with Crippen molar-refractivity contribution < 1.29 is 12.8 Å². The van der Waals surface area contributed by atoms with Crippen LogP contribution in [0.1, 0.15) is 38.2 Å². The van der Waals surface area contributed by atoms with Crippen molar-refractivity contribution in [3.05, 3.63) is 29.6 Å². The second-order valence-electron chi connectivity index (χ2n) is 5.36. The Kier molecular flexibility index (Phi) is 5.72. The minimum absolute atomic E-state index is 0.195. The quantitative estimate of drug-likeness (QED) is 0.908. The average Bonchev–Trinajstić information content (AvgIpc) is 2.75. The van der Waals surface area contributed by atoms with Crippen molar-refractivity contribution in [2.45, 2.75) is 44.0 Å². The summed E-state index contributed by atoms with van der Waals surface area (Å²) in [6.07, 6.45) is 3.76. The first-order valence-electron chi connectivity index (χ1n) is 7.55. The predicted molar refractivity (Wildman–Crippen MR) is 81.0 cm³/mol. The van der Waals surface area contributed by atoms with Crippen LogP contribution in [0.4, 0.5) is 4.39 Å². The van der Waals surface area contributed by atoms with Crippen LogP contribution in [-0.2, 0) is 16.6 Å². The molecule has 0 radical (unpaired) electrons. The van der Waals surface area contributed by atoms with Gasteiger partial charge in [0.2, 0.25) is 10.0 Å². The standard InChI is InChI=1S/C15H23FN2O2S/c1-2-17-12-13-7-8-14(16)15(11-13)21(19,20)18-9-5-3-4-6-10-18/h7-8,11,17H,2-6,9-10,12H2,1H3. The second-order valence-corrected chi connectivity index (χ2v) is 7.27. The van der Waals surface area contributed by atoms with Gasteiger partial charge in [-0.05, 0) is 37.1 Å². The fourth-order valence-electron chi connectivity index (χ4n) is 2.55. The summed E-state index contributed by atoms with van der Waals surface area (Å²) in [5, 5.41) is 3.12. The van der Waals surface area contributed by atoms with Gasteiger partial charge in [0.15, 0.2) is 0 Å². The van der Waals surface area contributed by atoms with E-state index in [0.29, 0.717) is 19.6 Å². The Morgan fingerprint density at radius 1 is 1.19 bits per heavy atom. The molecular formula is C15H23FN2O2S. The highest BCUT2D eigenvalue weighted by Crippen LogP contribution is 2.23. The number of sulfonamides is 1. The number of hydrogen-bond donors (Lipinski definition) is 1. The van der Waals surface area contributed by atoms with Crippen molar-refractivity contribution in [3.8, 4) is 0 Å². The molecule has 1 aliphatic rings. The largest absolute Gasteiger partial charge is 0.313 e. The Balaban J connectivity index is 2.29. The first-order valence-corrected chi connectivity index (χ1v) is 8.99. The van der Waals surface area contributed by atoms with Crippen LogP contribution in [0.25, 0.3) is 0 Å². The van der Waals surface area contributed by atoms with E-state index in [0.717, 1.165) is 37.8 Å². The summed E-state index contributed by atoms with van der Waals surface area (Å²) in [5.74, 6) is -0.667. The Labute approximate surface area is 126 Å². The molecule has 0 amide bonds. The van der Waals surface area contributed by atoms with Crippen molar-refractivity contribution in [2.24, 2.45) is 0 Å². The molecule has 0 unspecified atom stereocenters. The molecule has 0 atom stereocenters. The van der Waals surface area contributed by atoms with Gasteiger partial charge in [-0.15, -0.1) is 0 Å². The fourth-order valence-corrected chi connectivity index (χ4v) is 4.18. The lowest BCUT2D eigenvalue weighted by Crippen LogP contribution is -2.32. The Hall–Kier alpha value is -0.980. The molecule has 1 aromatic rings. The van der Waals surface area contributed by atoms with E-state index in [-0.39, 0.29) is 4.90 Å². The zero-order valence-corrected chi connectivity index (χ0v) is 13.3. The topological polar surface area (TPSA) is 49.4 Å². The lowest BCUT2D eigenvalue weighted by atomic mass is 10.2. The summed E-state index contributed by atoms with van der Waals surface area (Å²) in [4.78, 5) is -0.195. The van der Waals surface area contributed by atoms with Gasteiger partial charge in [-0.3, -0.25) is 0 Å². The molecule has 1 heterocycles. The smallest absolute Gasteiger partial charge is 0.245 e. The maximum absolute atomic E-state index is 14.0. The van der Waals surface area contributed by atoms with Gasteiger partial charge in [-0.1, -0.05) is 25.8 Å². The lowest BCUT2D eigenvalue weighted by molar-refractivity contribution is 0.419. The first kappa shape index (κ1) is 16.4. The van der Waals surface area contributed by atoms with Crippen LogP contribution in [-0.4, -0.2) is 32.4 Å². The Morgan fingerprint density at radius 3 is 2.48 bits per heavy atom. The van der Waals surface area contributed by atoms with E-state index in [1.807, 2.05) is 6.92 Å². The SMILES string of the molecule is CCNCc1ccc(F)c(S(=O)(=O)N2CCCCCC2)c1. The third-order valence-corrected chi connectivity index (χ3v) is 5.67. The summed E-state index contributed by atoms with van der Waals surface area (Å²) >= 11 is 0. The van der Waals surface area contributed by atoms with Crippen molar-refractivity contribution in [1.82, 2.24) is 9.62 Å². The predicted octanol–water partition coefficient (Wildman–Crippen LogP) is 2.50. The molecule has 0 aromatic heterocycles. The molecule has 1 N–H and O–H groups in total. The molecule has 1 fully saturated rings. The molecule has 0 aliphatic carbocycles. The van der Waals surface area contributed by atoms with E-state index in [1.165, 1.54) is 16.4 Å². The van der Waals surface area contributed by atoms with Gasteiger partial charge in [0.1, 0.15) is 10.7 Å².